The molecule has 0 aliphatic heterocycles. The predicted octanol–water partition coefficient (Wildman–Crippen LogP) is 4.42. The minimum atomic E-state index is 0.276. The molecule has 1 N–H and O–H groups in total. The Hall–Kier alpha value is -0.0500. The van der Waals surface area contributed by atoms with Crippen molar-refractivity contribution in [2.24, 2.45) is 11.3 Å². The summed E-state index contributed by atoms with van der Waals surface area (Å²) in [5.41, 5.74) is 0.348. The van der Waals surface area contributed by atoms with Gasteiger partial charge in [0.2, 0.25) is 5.91 Å². The molecule has 2 aliphatic carbocycles. The van der Waals surface area contributed by atoms with E-state index in [0.29, 0.717) is 5.41 Å². The van der Waals surface area contributed by atoms with Crippen molar-refractivity contribution in [3.8, 4) is 0 Å². The maximum absolute atomic E-state index is 12.0. The van der Waals surface area contributed by atoms with Crippen LogP contribution in [0.2, 0.25) is 0 Å². The average Bonchev–Trinajstić information content (AvgIpc) is 2.93. The van der Waals surface area contributed by atoms with Crippen LogP contribution in [-0.4, -0.2) is 17.8 Å². The Balaban J connectivity index is 1.63. The SMILES string of the molecule is O=C(CCC1CCCCC1)NCC1(CBr)CCCC1. The molecule has 0 radical (unpaired) electrons. The smallest absolute Gasteiger partial charge is 0.220 e. The van der Waals surface area contributed by atoms with E-state index in [1.54, 1.807) is 0 Å². The molecule has 0 aromatic carbocycles. The van der Waals surface area contributed by atoms with Crippen LogP contribution in [0.5, 0.6) is 0 Å². The lowest BCUT2D eigenvalue weighted by Gasteiger charge is -2.27. The van der Waals surface area contributed by atoms with E-state index in [1.807, 2.05) is 0 Å². The number of carbonyl (C=O) groups excluding carboxylic acids is 1. The molecule has 0 aromatic rings. The summed E-state index contributed by atoms with van der Waals surface area (Å²) in [7, 11) is 0. The zero-order valence-corrected chi connectivity index (χ0v) is 13.6. The Bertz CT molecular complexity index is 280. The Morgan fingerprint density at radius 3 is 2.42 bits per heavy atom. The molecule has 1 amide bonds. The van der Waals surface area contributed by atoms with Crippen molar-refractivity contribution < 1.29 is 4.79 Å². The van der Waals surface area contributed by atoms with Gasteiger partial charge in [0.15, 0.2) is 0 Å². The molecule has 0 unspecified atom stereocenters. The summed E-state index contributed by atoms with van der Waals surface area (Å²) < 4.78 is 0. The van der Waals surface area contributed by atoms with Gasteiger partial charge in [-0.25, -0.2) is 0 Å². The molecule has 0 atom stereocenters. The summed E-state index contributed by atoms with van der Waals surface area (Å²) >= 11 is 3.63. The Morgan fingerprint density at radius 1 is 1.11 bits per heavy atom. The molecular weight excluding hydrogens is 302 g/mol. The van der Waals surface area contributed by atoms with Crippen molar-refractivity contribution in [1.82, 2.24) is 5.32 Å². The first-order valence-electron chi connectivity index (χ1n) is 8.07. The summed E-state index contributed by atoms with van der Waals surface area (Å²) in [6.45, 7) is 0.877. The molecule has 2 nitrogen and oxygen atoms in total. The number of hydrogen-bond acceptors (Lipinski definition) is 1. The number of rotatable bonds is 6. The molecule has 0 saturated heterocycles. The minimum absolute atomic E-state index is 0.276. The van der Waals surface area contributed by atoms with Crippen molar-refractivity contribution >= 4 is 21.8 Å². The van der Waals surface area contributed by atoms with Crippen LogP contribution in [0.4, 0.5) is 0 Å². The van der Waals surface area contributed by atoms with E-state index in [1.165, 1.54) is 57.8 Å². The van der Waals surface area contributed by atoms with Crippen molar-refractivity contribution in [3.63, 3.8) is 0 Å². The molecular formula is C16H28BrNO. The van der Waals surface area contributed by atoms with Gasteiger partial charge in [0.1, 0.15) is 0 Å². The molecule has 0 aromatic heterocycles. The Morgan fingerprint density at radius 2 is 1.79 bits per heavy atom. The van der Waals surface area contributed by atoms with Crippen molar-refractivity contribution in [3.05, 3.63) is 0 Å². The van der Waals surface area contributed by atoms with Gasteiger partial charge in [-0.2, -0.15) is 0 Å². The van der Waals surface area contributed by atoms with Crippen molar-refractivity contribution in [2.75, 3.05) is 11.9 Å². The first-order chi connectivity index (χ1) is 9.24. The summed E-state index contributed by atoms with van der Waals surface area (Å²) in [5.74, 6) is 1.09. The average molecular weight is 330 g/mol. The van der Waals surface area contributed by atoms with Crippen LogP contribution in [0, 0.1) is 11.3 Å². The van der Waals surface area contributed by atoms with Crippen LogP contribution in [0.15, 0.2) is 0 Å². The Labute approximate surface area is 126 Å². The standard InChI is InChI=1S/C16H28BrNO/c17-12-16(10-4-5-11-16)13-18-15(19)9-8-14-6-2-1-3-7-14/h14H,1-13H2,(H,18,19). The molecule has 0 bridgehead atoms. The third kappa shape index (κ3) is 4.77. The van der Waals surface area contributed by atoms with Gasteiger partial charge < -0.3 is 5.32 Å². The second-order valence-corrected chi connectivity index (χ2v) is 7.22. The summed E-state index contributed by atoms with van der Waals surface area (Å²) in [4.78, 5) is 12.0. The highest BCUT2D eigenvalue weighted by Gasteiger charge is 2.32. The largest absolute Gasteiger partial charge is 0.356 e. The Kier molecular flexibility index (Phi) is 6.18. The van der Waals surface area contributed by atoms with Crippen LogP contribution >= 0.6 is 15.9 Å². The second kappa shape index (κ2) is 7.66. The maximum atomic E-state index is 12.0. The molecule has 19 heavy (non-hydrogen) atoms. The van der Waals surface area contributed by atoms with E-state index in [2.05, 4.69) is 21.2 Å². The quantitative estimate of drug-likeness (QED) is 0.718. The monoisotopic (exact) mass is 329 g/mol. The minimum Gasteiger partial charge on any atom is -0.356 e. The lowest BCUT2D eigenvalue weighted by molar-refractivity contribution is -0.121. The van der Waals surface area contributed by atoms with E-state index in [0.717, 1.165) is 30.6 Å². The summed E-state index contributed by atoms with van der Waals surface area (Å²) in [6, 6.07) is 0. The predicted molar refractivity (Wildman–Crippen MR) is 83.5 cm³/mol. The van der Waals surface area contributed by atoms with Gasteiger partial charge in [0.05, 0.1) is 0 Å². The van der Waals surface area contributed by atoms with E-state index >= 15 is 0 Å². The molecule has 2 fully saturated rings. The number of halogens is 1. The van der Waals surface area contributed by atoms with Gasteiger partial charge in [-0.1, -0.05) is 60.9 Å². The maximum Gasteiger partial charge on any atom is 0.220 e. The molecule has 2 saturated carbocycles. The third-order valence-corrected chi connectivity index (χ3v) is 6.30. The van der Waals surface area contributed by atoms with E-state index < -0.39 is 0 Å². The van der Waals surface area contributed by atoms with Crippen LogP contribution in [0.1, 0.15) is 70.6 Å². The topological polar surface area (TPSA) is 29.1 Å². The van der Waals surface area contributed by atoms with Crippen LogP contribution in [-0.2, 0) is 4.79 Å². The number of alkyl halides is 1. The number of hydrogen-bond donors (Lipinski definition) is 1. The van der Waals surface area contributed by atoms with Gasteiger partial charge in [-0.05, 0) is 30.6 Å². The van der Waals surface area contributed by atoms with Crippen molar-refractivity contribution in [1.29, 1.82) is 0 Å². The fourth-order valence-corrected chi connectivity index (χ4v) is 4.43. The fourth-order valence-electron chi connectivity index (χ4n) is 3.67. The molecule has 0 spiro atoms. The lowest BCUT2D eigenvalue weighted by atomic mass is 9.86. The van der Waals surface area contributed by atoms with Crippen LogP contribution in [0.3, 0.4) is 0 Å². The summed E-state index contributed by atoms with van der Waals surface area (Å²) in [5, 5.41) is 4.22. The number of amides is 1. The fraction of sp³-hybridized carbons (Fsp3) is 0.938. The van der Waals surface area contributed by atoms with Gasteiger partial charge >= 0.3 is 0 Å². The first-order valence-corrected chi connectivity index (χ1v) is 9.19. The zero-order valence-electron chi connectivity index (χ0n) is 12.1. The van der Waals surface area contributed by atoms with E-state index in [-0.39, 0.29) is 5.91 Å². The normalized spacial score (nSPS) is 23.4. The highest BCUT2D eigenvalue weighted by molar-refractivity contribution is 9.09. The second-order valence-electron chi connectivity index (χ2n) is 6.66. The van der Waals surface area contributed by atoms with E-state index in [9.17, 15) is 4.79 Å². The summed E-state index contributed by atoms with van der Waals surface area (Å²) in [6.07, 6.45) is 13.9. The number of carbonyl (C=O) groups is 1. The van der Waals surface area contributed by atoms with Gasteiger partial charge in [-0.3, -0.25) is 4.79 Å². The van der Waals surface area contributed by atoms with Crippen LogP contribution in [0.25, 0.3) is 0 Å². The molecule has 110 valence electrons. The van der Waals surface area contributed by atoms with E-state index in [4.69, 9.17) is 0 Å². The molecule has 2 rings (SSSR count). The molecule has 0 heterocycles. The highest BCUT2D eigenvalue weighted by Crippen LogP contribution is 2.39. The number of nitrogens with one attached hydrogen (secondary N) is 1. The van der Waals surface area contributed by atoms with Crippen LogP contribution < -0.4 is 5.32 Å². The highest BCUT2D eigenvalue weighted by atomic mass is 79.9. The molecule has 2 aliphatic rings. The molecule has 3 heteroatoms. The lowest BCUT2D eigenvalue weighted by Crippen LogP contribution is -2.37. The van der Waals surface area contributed by atoms with Gasteiger partial charge in [0, 0.05) is 18.3 Å². The van der Waals surface area contributed by atoms with Gasteiger partial charge in [-0.15, -0.1) is 0 Å². The third-order valence-electron chi connectivity index (χ3n) is 5.11. The first kappa shape index (κ1) is 15.3. The van der Waals surface area contributed by atoms with Crippen molar-refractivity contribution in [2.45, 2.75) is 70.6 Å². The zero-order chi connectivity index (χ0) is 13.6. The van der Waals surface area contributed by atoms with Gasteiger partial charge in [0.25, 0.3) is 0 Å².